The van der Waals surface area contributed by atoms with E-state index in [2.05, 4.69) is 0 Å². The minimum Gasteiger partial charge on any atom is -0.381 e. The van der Waals surface area contributed by atoms with Crippen LogP contribution in [-0.2, 0) is 9.59 Å². The highest BCUT2D eigenvalue weighted by atomic mass is 16.3. The first-order valence-electron chi connectivity index (χ1n) is 5.94. The molecule has 1 heterocycles. The van der Waals surface area contributed by atoms with Crippen molar-refractivity contribution in [1.29, 1.82) is 0 Å². The SMILES string of the molecule is CC(C)(C)C(=O)N1C(=O)C(O)C1c1ccccc1. The Morgan fingerprint density at radius 1 is 1.22 bits per heavy atom. The summed E-state index contributed by atoms with van der Waals surface area (Å²) < 4.78 is 0. The standard InChI is InChI=1S/C14H17NO3/c1-14(2,3)13(18)15-10(11(16)12(15)17)9-7-5-4-6-8-9/h4-8,10-11,16H,1-3H3. The highest BCUT2D eigenvalue weighted by Gasteiger charge is 2.52. The molecular formula is C14H17NO3. The quantitative estimate of drug-likeness (QED) is 0.765. The van der Waals surface area contributed by atoms with Crippen molar-refractivity contribution in [3.05, 3.63) is 35.9 Å². The predicted octanol–water partition coefficient (Wildman–Crippen LogP) is 1.50. The lowest BCUT2D eigenvalue weighted by atomic mass is 9.85. The van der Waals surface area contributed by atoms with E-state index in [1.165, 1.54) is 4.90 Å². The van der Waals surface area contributed by atoms with Gasteiger partial charge < -0.3 is 5.11 Å². The van der Waals surface area contributed by atoms with Gasteiger partial charge in [0, 0.05) is 5.41 Å². The summed E-state index contributed by atoms with van der Waals surface area (Å²) in [5, 5.41) is 9.77. The lowest BCUT2D eigenvalue weighted by Gasteiger charge is -2.45. The number of carbonyl (C=O) groups is 2. The van der Waals surface area contributed by atoms with Gasteiger partial charge in [0.2, 0.25) is 5.91 Å². The van der Waals surface area contributed by atoms with Crippen molar-refractivity contribution in [2.24, 2.45) is 5.41 Å². The second kappa shape index (κ2) is 4.21. The van der Waals surface area contributed by atoms with Crippen LogP contribution in [0.5, 0.6) is 0 Å². The highest BCUT2D eigenvalue weighted by molar-refractivity contribution is 6.05. The van der Waals surface area contributed by atoms with Crippen LogP contribution < -0.4 is 0 Å². The average molecular weight is 247 g/mol. The molecule has 1 aromatic rings. The van der Waals surface area contributed by atoms with Gasteiger partial charge in [0.1, 0.15) is 0 Å². The van der Waals surface area contributed by atoms with Gasteiger partial charge in [-0.05, 0) is 5.56 Å². The summed E-state index contributed by atoms with van der Waals surface area (Å²) in [6.45, 7) is 5.28. The molecule has 1 aromatic carbocycles. The van der Waals surface area contributed by atoms with Crippen molar-refractivity contribution >= 4 is 11.8 Å². The number of aliphatic hydroxyl groups excluding tert-OH is 1. The molecule has 0 aromatic heterocycles. The van der Waals surface area contributed by atoms with Crippen LogP contribution >= 0.6 is 0 Å². The third-order valence-corrected chi connectivity index (χ3v) is 3.07. The molecule has 4 heteroatoms. The van der Waals surface area contributed by atoms with Crippen molar-refractivity contribution in [2.45, 2.75) is 32.9 Å². The van der Waals surface area contributed by atoms with Gasteiger partial charge in [0.15, 0.2) is 6.10 Å². The number of aliphatic hydroxyl groups is 1. The molecule has 2 unspecified atom stereocenters. The average Bonchev–Trinajstić information content (AvgIpc) is 2.33. The van der Waals surface area contributed by atoms with E-state index in [1.807, 2.05) is 30.3 Å². The van der Waals surface area contributed by atoms with E-state index in [4.69, 9.17) is 0 Å². The largest absolute Gasteiger partial charge is 0.381 e. The van der Waals surface area contributed by atoms with E-state index in [0.29, 0.717) is 0 Å². The van der Waals surface area contributed by atoms with Crippen LogP contribution in [0.3, 0.4) is 0 Å². The minimum absolute atomic E-state index is 0.258. The summed E-state index contributed by atoms with van der Waals surface area (Å²) >= 11 is 0. The van der Waals surface area contributed by atoms with Crippen molar-refractivity contribution in [1.82, 2.24) is 4.90 Å². The molecule has 0 radical (unpaired) electrons. The highest BCUT2D eigenvalue weighted by Crippen LogP contribution is 2.37. The molecule has 2 rings (SSSR count). The molecular weight excluding hydrogens is 230 g/mol. The first kappa shape index (κ1) is 12.8. The molecule has 1 saturated heterocycles. The van der Waals surface area contributed by atoms with Crippen LogP contribution in [0.15, 0.2) is 30.3 Å². The summed E-state index contributed by atoms with van der Waals surface area (Å²) in [6, 6.07) is 8.57. The minimum atomic E-state index is -1.11. The fourth-order valence-corrected chi connectivity index (χ4v) is 2.04. The van der Waals surface area contributed by atoms with Crippen LogP contribution in [0.4, 0.5) is 0 Å². The molecule has 4 nitrogen and oxygen atoms in total. The van der Waals surface area contributed by atoms with E-state index in [-0.39, 0.29) is 5.91 Å². The Hall–Kier alpha value is -1.68. The molecule has 96 valence electrons. The molecule has 0 aliphatic carbocycles. The fourth-order valence-electron chi connectivity index (χ4n) is 2.04. The summed E-state index contributed by atoms with van der Waals surface area (Å²) in [5.41, 5.74) is 0.144. The van der Waals surface area contributed by atoms with Gasteiger partial charge in [-0.25, -0.2) is 0 Å². The molecule has 2 atom stereocenters. The van der Waals surface area contributed by atoms with Crippen LogP contribution in [0, 0.1) is 5.41 Å². The van der Waals surface area contributed by atoms with E-state index in [0.717, 1.165) is 5.56 Å². The van der Waals surface area contributed by atoms with Gasteiger partial charge in [-0.3, -0.25) is 14.5 Å². The van der Waals surface area contributed by atoms with E-state index in [1.54, 1.807) is 20.8 Å². The number of amides is 2. The molecule has 1 fully saturated rings. The third-order valence-electron chi connectivity index (χ3n) is 3.07. The van der Waals surface area contributed by atoms with Gasteiger partial charge >= 0.3 is 0 Å². The van der Waals surface area contributed by atoms with Gasteiger partial charge in [0.25, 0.3) is 5.91 Å². The van der Waals surface area contributed by atoms with Gasteiger partial charge in [-0.15, -0.1) is 0 Å². The maximum absolute atomic E-state index is 12.2. The Morgan fingerprint density at radius 3 is 2.28 bits per heavy atom. The number of hydrogen-bond acceptors (Lipinski definition) is 3. The van der Waals surface area contributed by atoms with Crippen molar-refractivity contribution < 1.29 is 14.7 Å². The number of β-lactam (4-membered cyclic amide) rings is 1. The molecule has 0 bridgehead atoms. The number of hydrogen-bond donors (Lipinski definition) is 1. The molecule has 1 aliphatic rings. The zero-order valence-electron chi connectivity index (χ0n) is 10.8. The molecule has 18 heavy (non-hydrogen) atoms. The Balaban J connectivity index is 2.31. The number of carbonyl (C=O) groups excluding carboxylic acids is 2. The summed E-state index contributed by atoms with van der Waals surface area (Å²) in [5.74, 6) is -0.768. The van der Waals surface area contributed by atoms with Crippen LogP contribution in [0.25, 0.3) is 0 Å². The fraction of sp³-hybridized carbons (Fsp3) is 0.429. The maximum atomic E-state index is 12.2. The van der Waals surface area contributed by atoms with Crippen molar-refractivity contribution in [3.8, 4) is 0 Å². The molecule has 0 saturated carbocycles. The number of imide groups is 1. The molecule has 2 amide bonds. The van der Waals surface area contributed by atoms with Crippen molar-refractivity contribution in [2.75, 3.05) is 0 Å². The number of nitrogens with zero attached hydrogens (tertiary/aromatic N) is 1. The molecule has 1 aliphatic heterocycles. The van der Waals surface area contributed by atoms with Crippen molar-refractivity contribution in [3.63, 3.8) is 0 Å². The Labute approximate surface area is 106 Å². The van der Waals surface area contributed by atoms with E-state index in [9.17, 15) is 14.7 Å². The smallest absolute Gasteiger partial charge is 0.261 e. The summed E-state index contributed by atoms with van der Waals surface area (Å²) in [6.07, 6.45) is -1.11. The lowest BCUT2D eigenvalue weighted by Crippen LogP contribution is -2.63. The number of benzene rings is 1. The normalized spacial score (nSPS) is 23.8. The Kier molecular flexibility index (Phi) is 2.99. The third kappa shape index (κ3) is 1.93. The molecule has 1 N–H and O–H groups in total. The first-order chi connectivity index (χ1) is 8.34. The second-order valence-electron chi connectivity index (χ2n) is 5.56. The Bertz CT molecular complexity index is 476. The lowest BCUT2D eigenvalue weighted by molar-refractivity contribution is -0.179. The zero-order valence-corrected chi connectivity index (χ0v) is 10.8. The molecule has 0 spiro atoms. The monoisotopic (exact) mass is 247 g/mol. The first-order valence-corrected chi connectivity index (χ1v) is 5.94. The van der Waals surface area contributed by atoms with Crippen LogP contribution in [-0.4, -0.2) is 27.9 Å². The predicted molar refractivity (Wildman–Crippen MR) is 66.5 cm³/mol. The summed E-state index contributed by atoms with van der Waals surface area (Å²) in [7, 11) is 0. The number of likely N-dealkylation sites (tertiary alicyclic amines) is 1. The van der Waals surface area contributed by atoms with Gasteiger partial charge in [-0.2, -0.15) is 0 Å². The number of rotatable bonds is 1. The van der Waals surface area contributed by atoms with Crippen LogP contribution in [0.1, 0.15) is 32.4 Å². The zero-order chi connectivity index (χ0) is 13.5. The second-order valence-corrected chi connectivity index (χ2v) is 5.56. The maximum Gasteiger partial charge on any atom is 0.261 e. The Morgan fingerprint density at radius 2 is 1.78 bits per heavy atom. The van der Waals surface area contributed by atoms with Crippen LogP contribution in [0.2, 0.25) is 0 Å². The van der Waals surface area contributed by atoms with E-state index >= 15 is 0 Å². The van der Waals surface area contributed by atoms with Gasteiger partial charge in [-0.1, -0.05) is 51.1 Å². The summed E-state index contributed by atoms with van der Waals surface area (Å²) in [4.78, 5) is 25.0. The van der Waals surface area contributed by atoms with Gasteiger partial charge in [0.05, 0.1) is 6.04 Å². The van der Waals surface area contributed by atoms with E-state index < -0.39 is 23.5 Å². The topological polar surface area (TPSA) is 57.6 Å².